The molecule has 0 fully saturated rings. The maximum Gasteiger partial charge on any atom is 0.343 e. The van der Waals surface area contributed by atoms with Gasteiger partial charge in [-0.3, -0.25) is 0 Å². The van der Waals surface area contributed by atoms with E-state index in [9.17, 15) is 19.2 Å². The minimum absolute atomic E-state index is 0.315. The fourth-order valence-electron chi connectivity index (χ4n) is 9.38. The Morgan fingerprint density at radius 1 is 0.333 bits per heavy atom. The first kappa shape index (κ1) is 52.0. The highest BCUT2D eigenvalue weighted by Crippen LogP contribution is 2.46. The molecule has 386 valence electrons. The molecule has 10 aromatic carbocycles. The van der Waals surface area contributed by atoms with Gasteiger partial charge in [-0.15, -0.1) is 0 Å². The molecule has 0 N–H and O–H groups in total. The minimum Gasteiger partial charge on any atom is -0.423 e. The van der Waals surface area contributed by atoms with Crippen molar-refractivity contribution in [3.05, 3.63) is 272 Å². The number of rotatable bonds is 15. The minimum atomic E-state index is -0.547. The van der Waals surface area contributed by atoms with Crippen molar-refractivity contribution < 1.29 is 42.9 Å². The number of esters is 4. The molecule has 9 nitrogen and oxygen atoms in total. The summed E-state index contributed by atoms with van der Waals surface area (Å²) in [5.74, 6) is -0.425. The van der Waals surface area contributed by atoms with Gasteiger partial charge in [0, 0.05) is 11.1 Å². The first-order valence-corrected chi connectivity index (χ1v) is 25.8. The van der Waals surface area contributed by atoms with E-state index in [0.29, 0.717) is 76.0 Å². The van der Waals surface area contributed by atoms with Crippen molar-refractivity contribution in [1.29, 1.82) is 0 Å². The monoisotopic (exact) mass is 1030 g/mol. The quantitative estimate of drug-likeness (QED) is 0.0731. The van der Waals surface area contributed by atoms with Crippen LogP contribution in [0.25, 0.3) is 32.7 Å². The Labute approximate surface area is 453 Å². The summed E-state index contributed by atoms with van der Waals surface area (Å²) in [6.07, 6.45) is 0.499. The van der Waals surface area contributed by atoms with Gasteiger partial charge in [-0.1, -0.05) is 109 Å². The van der Waals surface area contributed by atoms with Crippen LogP contribution in [0.2, 0.25) is 0 Å². The summed E-state index contributed by atoms with van der Waals surface area (Å²) in [6, 6.07) is 59.6. The van der Waals surface area contributed by atoms with E-state index in [2.05, 4.69) is 0 Å². The molecule has 78 heavy (non-hydrogen) atoms. The fourth-order valence-corrected chi connectivity index (χ4v) is 9.38. The molecule has 0 aliphatic rings. The summed E-state index contributed by atoms with van der Waals surface area (Å²) in [5, 5.41) is 3.49. The summed E-state index contributed by atoms with van der Waals surface area (Å²) >= 11 is 0. The van der Waals surface area contributed by atoms with Gasteiger partial charge in [0.05, 0.1) is 35.5 Å². The standard InChI is InChI=1S/C69H56O9/c1-42-15-22-53(35-45(42)4)66(70)75-58-29-18-48(19-30-58)40-74-41-49-20-31-59(32-21-49)76-67(71)55-26-25-52(47(6)37-55)38-57-39-56(24-17-44(57)3)69(73)78-63-34-28-51-12-8-10-14-61(51)65(63)64-60-13-9-7-11-50(60)27-33-62(64)77-68(72)54-23-16-43(2)46(5)36-54/h7-37,39H,38,40-41H2,1-6H3. The lowest BCUT2D eigenvalue weighted by molar-refractivity contribution is 0.0723. The molecule has 0 aromatic heterocycles. The molecule has 0 bridgehead atoms. The van der Waals surface area contributed by atoms with Crippen LogP contribution in [0.3, 0.4) is 0 Å². The number of aryl methyl sites for hydroxylation is 6. The van der Waals surface area contributed by atoms with Crippen LogP contribution in [0.4, 0.5) is 0 Å². The smallest absolute Gasteiger partial charge is 0.343 e. The van der Waals surface area contributed by atoms with Crippen molar-refractivity contribution in [3.63, 3.8) is 0 Å². The topological polar surface area (TPSA) is 114 Å². The van der Waals surface area contributed by atoms with Gasteiger partial charge in [0.1, 0.15) is 23.0 Å². The van der Waals surface area contributed by atoms with Crippen LogP contribution in [0, 0.1) is 41.5 Å². The second-order valence-electron chi connectivity index (χ2n) is 19.7. The Kier molecular flexibility index (Phi) is 15.2. The van der Waals surface area contributed by atoms with E-state index in [4.69, 9.17) is 23.7 Å². The van der Waals surface area contributed by atoms with Gasteiger partial charge < -0.3 is 23.7 Å². The highest BCUT2D eigenvalue weighted by molar-refractivity contribution is 6.11. The number of carbonyl (C=O) groups excluding carboxylic acids is 4. The summed E-state index contributed by atoms with van der Waals surface area (Å²) in [6.45, 7) is 12.6. The summed E-state index contributed by atoms with van der Waals surface area (Å²) in [5.41, 5.74) is 12.8. The number of fused-ring (bicyclic) bond motifs is 2. The van der Waals surface area contributed by atoms with Crippen LogP contribution in [0.15, 0.2) is 194 Å². The highest BCUT2D eigenvalue weighted by atomic mass is 16.5. The van der Waals surface area contributed by atoms with Crippen molar-refractivity contribution in [1.82, 2.24) is 0 Å². The molecule has 0 unspecified atom stereocenters. The first-order chi connectivity index (χ1) is 37.7. The zero-order valence-electron chi connectivity index (χ0n) is 44.3. The highest BCUT2D eigenvalue weighted by Gasteiger charge is 2.24. The first-order valence-electron chi connectivity index (χ1n) is 25.8. The van der Waals surface area contributed by atoms with E-state index in [1.54, 1.807) is 60.7 Å². The van der Waals surface area contributed by atoms with Gasteiger partial charge in [-0.25, -0.2) is 19.2 Å². The summed E-state index contributed by atoms with van der Waals surface area (Å²) < 4.78 is 29.9. The van der Waals surface area contributed by atoms with Crippen molar-refractivity contribution >= 4 is 45.4 Å². The molecule has 0 aliphatic carbocycles. The van der Waals surface area contributed by atoms with E-state index in [1.165, 1.54) is 0 Å². The molecular weight excluding hydrogens is 973 g/mol. The zero-order valence-corrected chi connectivity index (χ0v) is 44.3. The molecule has 10 aromatic rings. The van der Waals surface area contributed by atoms with Gasteiger partial charge in [0.25, 0.3) is 0 Å². The summed E-state index contributed by atoms with van der Waals surface area (Å²) in [7, 11) is 0. The third-order valence-electron chi connectivity index (χ3n) is 14.3. The van der Waals surface area contributed by atoms with Crippen LogP contribution >= 0.6 is 0 Å². The molecule has 0 aliphatic heterocycles. The SMILES string of the molecule is Cc1ccc(C(=O)Oc2ccc(COCc3ccc(OC(=O)c4ccc(Cc5cc(C(=O)Oc6ccc7ccccc7c6-c6c(OC(=O)c7ccc(C)c(C)c7)ccc7ccccc67)ccc5C)c(C)c4)cc3)cc2)cc1C. The lowest BCUT2D eigenvalue weighted by atomic mass is 9.92. The van der Waals surface area contributed by atoms with Crippen LogP contribution in [0.1, 0.15) is 97.1 Å². The van der Waals surface area contributed by atoms with Crippen LogP contribution < -0.4 is 18.9 Å². The van der Waals surface area contributed by atoms with Gasteiger partial charge in [0.15, 0.2) is 0 Å². The van der Waals surface area contributed by atoms with Crippen molar-refractivity contribution in [2.45, 2.75) is 61.2 Å². The van der Waals surface area contributed by atoms with Gasteiger partial charge in [-0.2, -0.15) is 0 Å². The average Bonchev–Trinajstić information content (AvgIpc) is 3.58. The van der Waals surface area contributed by atoms with Gasteiger partial charge in [-0.05, 0) is 210 Å². The number of hydrogen-bond donors (Lipinski definition) is 0. The molecule has 9 heteroatoms. The number of carbonyl (C=O) groups is 4. The second-order valence-corrected chi connectivity index (χ2v) is 19.7. The Morgan fingerprint density at radius 2 is 0.731 bits per heavy atom. The number of benzene rings is 10. The molecule has 0 heterocycles. The molecular formula is C69H56O9. The number of hydrogen-bond acceptors (Lipinski definition) is 9. The lowest BCUT2D eigenvalue weighted by Gasteiger charge is -2.19. The normalized spacial score (nSPS) is 11.1. The van der Waals surface area contributed by atoms with Crippen molar-refractivity contribution in [3.8, 4) is 34.1 Å². The molecule has 0 spiro atoms. The number of ether oxygens (including phenoxy) is 5. The van der Waals surface area contributed by atoms with Crippen molar-refractivity contribution in [2.75, 3.05) is 0 Å². The van der Waals surface area contributed by atoms with Crippen LogP contribution in [-0.4, -0.2) is 23.9 Å². The Balaban J connectivity index is 0.793. The van der Waals surface area contributed by atoms with E-state index in [-0.39, 0.29) is 0 Å². The second kappa shape index (κ2) is 22.8. The van der Waals surface area contributed by atoms with Crippen LogP contribution in [0.5, 0.6) is 23.0 Å². The molecule has 0 saturated heterocycles. The fraction of sp³-hybridized carbons (Fsp3) is 0.130. The molecule has 0 radical (unpaired) electrons. The predicted octanol–water partition coefficient (Wildman–Crippen LogP) is 15.7. The largest absolute Gasteiger partial charge is 0.423 e. The van der Waals surface area contributed by atoms with Crippen LogP contribution in [-0.2, 0) is 24.4 Å². The van der Waals surface area contributed by atoms with E-state index in [0.717, 1.165) is 77.2 Å². The third-order valence-corrected chi connectivity index (χ3v) is 14.3. The average molecular weight is 1030 g/mol. The Morgan fingerprint density at radius 3 is 1.18 bits per heavy atom. The Bertz CT molecular complexity index is 3950. The molecule has 0 atom stereocenters. The Hall–Kier alpha value is -9.44. The molecule has 0 amide bonds. The predicted molar refractivity (Wildman–Crippen MR) is 305 cm³/mol. The third kappa shape index (κ3) is 11.7. The van der Waals surface area contributed by atoms with E-state index < -0.39 is 23.9 Å². The zero-order chi connectivity index (χ0) is 54.5. The van der Waals surface area contributed by atoms with E-state index in [1.807, 2.05) is 175 Å². The molecule has 0 saturated carbocycles. The van der Waals surface area contributed by atoms with Crippen molar-refractivity contribution in [2.24, 2.45) is 0 Å². The summed E-state index contributed by atoms with van der Waals surface area (Å²) in [4.78, 5) is 54.2. The lowest BCUT2D eigenvalue weighted by Crippen LogP contribution is -2.12. The maximum atomic E-state index is 14.4. The van der Waals surface area contributed by atoms with E-state index >= 15 is 0 Å². The molecule has 10 rings (SSSR count). The van der Waals surface area contributed by atoms with Gasteiger partial charge >= 0.3 is 23.9 Å². The maximum absolute atomic E-state index is 14.4. The van der Waals surface area contributed by atoms with Gasteiger partial charge in [0.2, 0.25) is 0 Å².